The van der Waals surface area contributed by atoms with Crippen molar-refractivity contribution in [1.29, 1.82) is 0 Å². The molecule has 1 atom stereocenters. The fraction of sp³-hybridized carbons (Fsp3) is 0.280. The molecule has 0 radical (unpaired) electrons. The Bertz CT molecular complexity index is 1230. The molecule has 0 amide bonds. The molecule has 3 aromatic carbocycles. The van der Waals surface area contributed by atoms with Crippen LogP contribution >= 0.6 is 11.6 Å². The summed E-state index contributed by atoms with van der Waals surface area (Å²) in [5.74, 6) is -0.270. The number of hydrogen-bond donors (Lipinski definition) is 0. The Kier molecular flexibility index (Phi) is 6.84. The largest absolute Gasteiger partial charge is 0.416 e. The number of sulfone groups is 1. The topological polar surface area (TPSA) is 37.4 Å². The van der Waals surface area contributed by atoms with Gasteiger partial charge in [0.1, 0.15) is 0 Å². The van der Waals surface area contributed by atoms with E-state index in [2.05, 4.69) is 4.90 Å². The Labute approximate surface area is 196 Å². The minimum absolute atomic E-state index is 0.115. The molecular weight excluding hydrogens is 471 g/mol. The van der Waals surface area contributed by atoms with Gasteiger partial charge in [0.05, 0.1) is 16.2 Å². The third-order valence-electron chi connectivity index (χ3n) is 5.86. The lowest BCUT2D eigenvalue weighted by atomic mass is 10.0. The maximum Gasteiger partial charge on any atom is 0.416 e. The first-order valence-corrected chi connectivity index (χ1v) is 12.6. The van der Waals surface area contributed by atoms with Gasteiger partial charge in [-0.05, 0) is 65.9 Å². The number of benzene rings is 3. The van der Waals surface area contributed by atoms with Crippen molar-refractivity contribution in [3.63, 3.8) is 0 Å². The van der Waals surface area contributed by atoms with E-state index in [-0.39, 0.29) is 16.6 Å². The van der Waals surface area contributed by atoms with Crippen LogP contribution in [0.2, 0.25) is 5.02 Å². The van der Waals surface area contributed by atoms with Gasteiger partial charge in [0, 0.05) is 18.1 Å². The summed E-state index contributed by atoms with van der Waals surface area (Å²) < 4.78 is 64.3. The highest BCUT2D eigenvalue weighted by atomic mass is 35.5. The van der Waals surface area contributed by atoms with Gasteiger partial charge < -0.3 is 0 Å². The predicted octanol–water partition coefficient (Wildman–Crippen LogP) is 6.32. The quantitative estimate of drug-likeness (QED) is 0.403. The van der Waals surface area contributed by atoms with Crippen molar-refractivity contribution in [3.05, 3.63) is 88.9 Å². The van der Waals surface area contributed by atoms with Crippen molar-refractivity contribution in [3.8, 4) is 11.1 Å². The highest BCUT2D eigenvalue weighted by molar-refractivity contribution is 7.91. The average molecular weight is 494 g/mol. The molecule has 1 aliphatic heterocycles. The molecule has 0 N–H and O–H groups in total. The van der Waals surface area contributed by atoms with Crippen molar-refractivity contribution in [2.24, 2.45) is 5.92 Å². The first-order valence-electron chi connectivity index (χ1n) is 10.6. The molecule has 0 bridgehead atoms. The van der Waals surface area contributed by atoms with Crippen LogP contribution in [0.25, 0.3) is 11.1 Å². The van der Waals surface area contributed by atoms with E-state index in [1.165, 1.54) is 6.07 Å². The highest BCUT2D eigenvalue weighted by Gasteiger charge is 2.33. The Hall–Kier alpha value is -2.35. The Morgan fingerprint density at radius 1 is 0.939 bits per heavy atom. The molecular formula is C25H23ClF3NO2S. The molecule has 0 unspecified atom stereocenters. The van der Waals surface area contributed by atoms with E-state index in [1.807, 2.05) is 48.5 Å². The van der Waals surface area contributed by atoms with Crippen LogP contribution in [0.4, 0.5) is 13.2 Å². The van der Waals surface area contributed by atoms with E-state index in [9.17, 15) is 21.6 Å². The Morgan fingerprint density at radius 2 is 1.67 bits per heavy atom. The van der Waals surface area contributed by atoms with Gasteiger partial charge in [-0.1, -0.05) is 54.1 Å². The number of alkyl halides is 3. The van der Waals surface area contributed by atoms with Crippen molar-refractivity contribution in [2.75, 3.05) is 18.8 Å². The average Bonchev–Trinajstić information content (AvgIpc) is 3.20. The van der Waals surface area contributed by atoms with Crippen LogP contribution in [0, 0.1) is 5.92 Å². The molecule has 0 aromatic heterocycles. The van der Waals surface area contributed by atoms with Crippen molar-refractivity contribution < 1.29 is 21.6 Å². The van der Waals surface area contributed by atoms with E-state index >= 15 is 0 Å². The van der Waals surface area contributed by atoms with Gasteiger partial charge in [-0.3, -0.25) is 4.90 Å². The highest BCUT2D eigenvalue weighted by Crippen LogP contribution is 2.31. The summed E-state index contributed by atoms with van der Waals surface area (Å²) in [6.45, 7) is 2.03. The minimum atomic E-state index is -4.57. The molecule has 33 heavy (non-hydrogen) atoms. The summed E-state index contributed by atoms with van der Waals surface area (Å²) in [6, 6.07) is 19.8. The lowest BCUT2D eigenvalue weighted by molar-refractivity contribution is -0.137. The zero-order valence-corrected chi connectivity index (χ0v) is 19.3. The molecule has 0 saturated carbocycles. The molecule has 8 heteroatoms. The van der Waals surface area contributed by atoms with Gasteiger partial charge in [0.15, 0.2) is 9.84 Å². The molecule has 3 aromatic rings. The number of rotatable bonds is 6. The summed E-state index contributed by atoms with van der Waals surface area (Å²) in [4.78, 5) is 1.91. The molecule has 1 heterocycles. The molecule has 0 spiro atoms. The fourth-order valence-corrected chi connectivity index (χ4v) is 6.06. The first kappa shape index (κ1) is 23.8. The minimum Gasteiger partial charge on any atom is -0.299 e. The van der Waals surface area contributed by atoms with E-state index in [1.54, 1.807) is 0 Å². The number of nitrogens with zero attached hydrogens (tertiary/aromatic N) is 1. The smallest absolute Gasteiger partial charge is 0.299 e. The fourth-order valence-electron chi connectivity index (χ4n) is 4.19. The van der Waals surface area contributed by atoms with E-state index in [4.69, 9.17) is 11.6 Å². The van der Waals surface area contributed by atoms with Crippen LogP contribution in [0.5, 0.6) is 0 Å². The molecule has 1 aliphatic rings. The molecule has 4 rings (SSSR count). The zero-order valence-electron chi connectivity index (χ0n) is 17.7. The standard InChI is InChI=1S/C25H23ClF3NO2S/c26-23-5-1-3-21(13-23)20-9-7-18(8-10-20)15-30-12-11-19(16-30)17-33(31,32)24-6-2-4-22(14-24)25(27,28)29/h1-10,13-14,19H,11-12,15-17H2/t19-/m1/s1. The molecule has 3 nitrogen and oxygen atoms in total. The predicted molar refractivity (Wildman–Crippen MR) is 124 cm³/mol. The van der Waals surface area contributed by atoms with E-state index in [0.717, 1.165) is 41.4 Å². The number of likely N-dealkylation sites (tertiary alicyclic amines) is 1. The Balaban J connectivity index is 1.37. The summed E-state index contributed by atoms with van der Waals surface area (Å²) in [6.07, 6.45) is -3.88. The summed E-state index contributed by atoms with van der Waals surface area (Å²) in [7, 11) is -3.80. The first-order chi connectivity index (χ1) is 15.6. The van der Waals surface area contributed by atoms with Crippen LogP contribution in [0.3, 0.4) is 0 Å². The third-order valence-corrected chi connectivity index (χ3v) is 7.98. The SMILES string of the molecule is O=S(=O)(C[C@@H]1CCN(Cc2ccc(-c3cccc(Cl)c3)cc2)C1)c1cccc(C(F)(F)F)c1. The van der Waals surface area contributed by atoms with Gasteiger partial charge >= 0.3 is 6.18 Å². The monoisotopic (exact) mass is 493 g/mol. The summed E-state index contributed by atoms with van der Waals surface area (Å²) in [5, 5.41) is 0.680. The van der Waals surface area contributed by atoms with Gasteiger partial charge in [0.25, 0.3) is 0 Å². The van der Waals surface area contributed by atoms with Crippen LogP contribution in [-0.2, 0) is 22.6 Å². The van der Waals surface area contributed by atoms with E-state index in [0.29, 0.717) is 24.5 Å². The second-order valence-electron chi connectivity index (χ2n) is 8.40. The van der Waals surface area contributed by atoms with Gasteiger partial charge in [-0.25, -0.2) is 8.42 Å². The molecule has 1 fully saturated rings. The maximum absolute atomic E-state index is 13.0. The number of hydrogen-bond acceptors (Lipinski definition) is 3. The second kappa shape index (κ2) is 9.49. The van der Waals surface area contributed by atoms with Crippen molar-refractivity contribution in [1.82, 2.24) is 4.90 Å². The van der Waals surface area contributed by atoms with Crippen molar-refractivity contribution in [2.45, 2.75) is 24.0 Å². The second-order valence-corrected chi connectivity index (χ2v) is 10.9. The van der Waals surface area contributed by atoms with Crippen LogP contribution in [0.15, 0.2) is 77.7 Å². The van der Waals surface area contributed by atoms with Crippen LogP contribution in [-0.4, -0.2) is 32.2 Å². The van der Waals surface area contributed by atoms with Crippen LogP contribution < -0.4 is 0 Å². The maximum atomic E-state index is 13.0. The van der Waals surface area contributed by atoms with Crippen molar-refractivity contribution >= 4 is 21.4 Å². The number of halogens is 4. The van der Waals surface area contributed by atoms with Crippen LogP contribution in [0.1, 0.15) is 17.5 Å². The van der Waals surface area contributed by atoms with E-state index < -0.39 is 21.6 Å². The lowest BCUT2D eigenvalue weighted by Gasteiger charge is -2.17. The normalized spacial score (nSPS) is 17.4. The summed E-state index contributed by atoms with van der Waals surface area (Å²) >= 11 is 6.07. The zero-order chi connectivity index (χ0) is 23.6. The molecule has 1 saturated heterocycles. The Morgan fingerprint density at radius 3 is 2.36 bits per heavy atom. The lowest BCUT2D eigenvalue weighted by Crippen LogP contribution is -2.23. The van der Waals surface area contributed by atoms with Gasteiger partial charge in [-0.15, -0.1) is 0 Å². The van der Waals surface area contributed by atoms with Gasteiger partial charge in [-0.2, -0.15) is 13.2 Å². The van der Waals surface area contributed by atoms with Gasteiger partial charge in [0.2, 0.25) is 0 Å². The molecule has 174 valence electrons. The summed E-state index contributed by atoms with van der Waals surface area (Å²) in [5.41, 5.74) is 2.27. The molecule has 0 aliphatic carbocycles. The third kappa shape index (κ3) is 5.96.